The highest BCUT2D eigenvalue weighted by atomic mass is 35.5. The molecule has 0 radical (unpaired) electrons. The Hall–Kier alpha value is -1.94. The number of hydrazine groups is 1. The van der Waals surface area contributed by atoms with E-state index < -0.39 is 21.8 Å². The molecule has 2 amide bonds. The van der Waals surface area contributed by atoms with E-state index in [1.54, 1.807) is 24.6 Å². The molecule has 1 aromatic heterocycles. The first kappa shape index (κ1) is 21.8. The Balaban J connectivity index is 1.76. The second-order valence-electron chi connectivity index (χ2n) is 6.84. The molecule has 0 spiro atoms. The number of nitrogens with zero attached hydrogens (tertiary/aromatic N) is 1. The Morgan fingerprint density at radius 3 is 2.45 bits per heavy atom. The lowest BCUT2D eigenvalue weighted by atomic mass is 9.96. The molecule has 0 bridgehead atoms. The van der Waals surface area contributed by atoms with Crippen LogP contribution in [0, 0.1) is 0 Å². The van der Waals surface area contributed by atoms with Gasteiger partial charge < -0.3 is 0 Å². The van der Waals surface area contributed by atoms with E-state index in [0.29, 0.717) is 4.88 Å². The second kappa shape index (κ2) is 9.25. The Labute approximate surface area is 179 Å². The number of thiophene rings is 1. The SMILES string of the molecule is CN(C1CCCCC1)S(=O)(=O)c1ccc(Cl)c(C(=O)NNC(=O)c2cccs2)c1. The van der Waals surface area contributed by atoms with Crippen LogP contribution in [-0.2, 0) is 10.0 Å². The molecular formula is C19H22ClN3O4S2. The Kier molecular flexibility index (Phi) is 6.94. The second-order valence-corrected chi connectivity index (χ2v) is 10.2. The molecule has 7 nitrogen and oxygen atoms in total. The number of sulfonamides is 1. The molecule has 1 aliphatic rings. The molecule has 10 heteroatoms. The highest BCUT2D eigenvalue weighted by molar-refractivity contribution is 7.89. The van der Waals surface area contributed by atoms with Gasteiger partial charge >= 0.3 is 0 Å². The summed E-state index contributed by atoms with van der Waals surface area (Å²) < 4.78 is 27.4. The van der Waals surface area contributed by atoms with Crippen molar-refractivity contribution >= 4 is 44.8 Å². The molecule has 1 aromatic carbocycles. The number of carbonyl (C=O) groups is 2. The fraction of sp³-hybridized carbons (Fsp3) is 0.368. The third kappa shape index (κ3) is 4.98. The summed E-state index contributed by atoms with van der Waals surface area (Å²) in [5, 5.41) is 1.83. The molecule has 0 saturated heterocycles. The summed E-state index contributed by atoms with van der Waals surface area (Å²) in [7, 11) is -2.20. The topological polar surface area (TPSA) is 95.6 Å². The van der Waals surface area contributed by atoms with E-state index in [9.17, 15) is 18.0 Å². The molecule has 156 valence electrons. The zero-order valence-corrected chi connectivity index (χ0v) is 18.2. The molecule has 0 unspecified atom stereocenters. The Morgan fingerprint density at radius 1 is 1.10 bits per heavy atom. The zero-order valence-electron chi connectivity index (χ0n) is 15.9. The molecule has 0 atom stereocenters. The Bertz CT molecular complexity index is 987. The van der Waals surface area contributed by atoms with Crippen LogP contribution in [0.25, 0.3) is 0 Å². The maximum atomic E-state index is 13.0. The van der Waals surface area contributed by atoms with Crippen molar-refractivity contribution in [3.05, 3.63) is 51.2 Å². The van der Waals surface area contributed by atoms with Crippen molar-refractivity contribution in [3.63, 3.8) is 0 Å². The number of nitrogens with one attached hydrogen (secondary N) is 2. The lowest BCUT2D eigenvalue weighted by molar-refractivity contribution is 0.0849. The summed E-state index contributed by atoms with van der Waals surface area (Å²) in [6.45, 7) is 0. The average molecular weight is 456 g/mol. The number of halogens is 1. The smallest absolute Gasteiger partial charge is 0.267 e. The van der Waals surface area contributed by atoms with Gasteiger partial charge in [0.05, 0.1) is 20.4 Å². The largest absolute Gasteiger partial charge is 0.279 e. The van der Waals surface area contributed by atoms with Crippen molar-refractivity contribution < 1.29 is 18.0 Å². The van der Waals surface area contributed by atoms with Gasteiger partial charge in [-0.3, -0.25) is 20.4 Å². The number of carbonyl (C=O) groups excluding carboxylic acids is 2. The van der Waals surface area contributed by atoms with Crippen LogP contribution in [0.5, 0.6) is 0 Å². The van der Waals surface area contributed by atoms with Gasteiger partial charge in [0.2, 0.25) is 10.0 Å². The molecule has 0 aliphatic heterocycles. The van der Waals surface area contributed by atoms with Crippen molar-refractivity contribution in [2.75, 3.05) is 7.05 Å². The number of amides is 2. The fourth-order valence-electron chi connectivity index (χ4n) is 3.30. The van der Waals surface area contributed by atoms with Crippen LogP contribution in [0.4, 0.5) is 0 Å². The lowest BCUT2D eigenvalue weighted by Crippen LogP contribution is -2.41. The van der Waals surface area contributed by atoms with Gasteiger partial charge in [-0.15, -0.1) is 11.3 Å². The molecule has 1 heterocycles. The first-order valence-electron chi connectivity index (χ1n) is 9.22. The average Bonchev–Trinajstić information content (AvgIpc) is 3.27. The van der Waals surface area contributed by atoms with E-state index in [1.807, 2.05) is 0 Å². The zero-order chi connectivity index (χ0) is 21.0. The summed E-state index contributed by atoms with van der Waals surface area (Å²) in [6.07, 6.45) is 4.77. The minimum Gasteiger partial charge on any atom is -0.267 e. The number of rotatable bonds is 5. The Morgan fingerprint density at radius 2 is 1.79 bits per heavy atom. The van der Waals surface area contributed by atoms with Crippen LogP contribution in [0.2, 0.25) is 5.02 Å². The molecular weight excluding hydrogens is 434 g/mol. The minimum absolute atomic E-state index is 0.00953. The van der Waals surface area contributed by atoms with E-state index in [4.69, 9.17) is 11.6 Å². The van der Waals surface area contributed by atoms with Crippen molar-refractivity contribution in [3.8, 4) is 0 Å². The molecule has 1 aliphatic carbocycles. The number of hydrogen-bond acceptors (Lipinski definition) is 5. The van der Waals surface area contributed by atoms with Gasteiger partial charge in [0, 0.05) is 13.1 Å². The van der Waals surface area contributed by atoms with Crippen LogP contribution >= 0.6 is 22.9 Å². The molecule has 1 saturated carbocycles. The van der Waals surface area contributed by atoms with Gasteiger partial charge in [-0.1, -0.05) is 36.9 Å². The summed E-state index contributed by atoms with van der Waals surface area (Å²) in [5.74, 6) is -1.16. The fourth-order valence-corrected chi connectivity index (χ4v) is 5.56. The normalized spacial score (nSPS) is 15.3. The summed E-state index contributed by atoms with van der Waals surface area (Å²) in [6, 6.07) is 7.29. The van der Waals surface area contributed by atoms with E-state index in [2.05, 4.69) is 10.9 Å². The van der Waals surface area contributed by atoms with Crippen LogP contribution in [0.1, 0.15) is 52.1 Å². The van der Waals surface area contributed by atoms with E-state index in [-0.39, 0.29) is 21.5 Å². The molecule has 2 N–H and O–H groups in total. The van der Waals surface area contributed by atoms with E-state index >= 15 is 0 Å². The van der Waals surface area contributed by atoms with Gasteiger partial charge in [0.1, 0.15) is 0 Å². The highest BCUT2D eigenvalue weighted by Gasteiger charge is 2.30. The van der Waals surface area contributed by atoms with Crippen molar-refractivity contribution in [1.29, 1.82) is 0 Å². The van der Waals surface area contributed by atoms with Crippen LogP contribution in [0.3, 0.4) is 0 Å². The van der Waals surface area contributed by atoms with E-state index in [1.165, 1.54) is 33.8 Å². The first-order valence-corrected chi connectivity index (χ1v) is 11.9. The maximum absolute atomic E-state index is 13.0. The van der Waals surface area contributed by atoms with Crippen molar-refractivity contribution in [2.24, 2.45) is 0 Å². The van der Waals surface area contributed by atoms with Gasteiger partial charge in [-0.25, -0.2) is 8.42 Å². The third-order valence-electron chi connectivity index (χ3n) is 4.98. The summed E-state index contributed by atoms with van der Waals surface area (Å²) in [5.41, 5.74) is 4.54. The molecule has 29 heavy (non-hydrogen) atoms. The summed E-state index contributed by atoms with van der Waals surface area (Å²) in [4.78, 5) is 24.9. The highest BCUT2D eigenvalue weighted by Crippen LogP contribution is 2.28. The van der Waals surface area contributed by atoms with Gasteiger partial charge in [-0.2, -0.15) is 4.31 Å². The van der Waals surface area contributed by atoms with Crippen LogP contribution in [-0.4, -0.2) is 37.6 Å². The van der Waals surface area contributed by atoms with Gasteiger partial charge in [0.25, 0.3) is 11.8 Å². The standard InChI is InChI=1S/C19H22ClN3O4S2/c1-23(13-6-3-2-4-7-13)29(26,27)14-9-10-16(20)15(12-14)18(24)21-22-19(25)17-8-5-11-28-17/h5,8-13H,2-4,6-7H2,1H3,(H,21,24)(H,22,25). The summed E-state index contributed by atoms with van der Waals surface area (Å²) >= 11 is 7.33. The van der Waals surface area contributed by atoms with Gasteiger partial charge in [-0.05, 0) is 42.5 Å². The monoisotopic (exact) mass is 455 g/mol. The molecule has 3 rings (SSSR count). The van der Waals surface area contributed by atoms with Crippen molar-refractivity contribution in [2.45, 2.75) is 43.0 Å². The van der Waals surface area contributed by atoms with Gasteiger partial charge in [0.15, 0.2) is 0 Å². The van der Waals surface area contributed by atoms with Crippen molar-refractivity contribution in [1.82, 2.24) is 15.2 Å². The van der Waals surface area contributed by atoms with Crippen LogP contribution in [0.15, 0.2) is 40.6 Å². The minimum atomic E-state index is -3.77. The first-order chi connectivity index (χ1) is 13.8. The third-order valence-corrected chi connectivity index (χ3v) is 8.09. The quantitative estimate of drug-likeness (QED) is 0.675. The predicted molar refractivity (Wildman–Crippen MR) is 113 cm³/mol. The maximum Gasteiger partial charge on any atom is 0.279 e. The van der Waals surface area contributed by atoms with E-state index in [0.717, 1.165) is 32.1 Å². The number of benzene rings is 1. The predicted octanol–water partition coefficient (Wildman–Crippen LogP) is 3.43. The number of hydrogen-bond donors (Lipinski definition) is 2. The molecule has 1 fully saturated rings. The molecule has 2 aromatic rings. The van der Waals surface area contributed by atoms with Crippen LogP contribution < -0.4 is 10.9 Å². The lowest BCUT2D eigenvalue weighted by Gasteiger charge is -2.30.